The Morgan fingerprint density at radius 2 is 1.12 bits per heavy atom. The lowest BCUT2D eigenvalue weighted by atomic mass is 10.2. The predicted octanol–water partition coefficient (Wildman–Crippen LogP) is 5.18. The number of hydrogen-bond donors (Lipinski definition) is 0. The molecule has 0 aromatic carbocycles. The van der Waals surface area contributed by atoms with Crippen LogP contribution in [0.3, 0.4) is 0 Å². The van der Waals surface area contributed by atoms with Crippen LogP contribution in [0.25, 0.3) is 0 Å². The smallest absolute Gasteiger partial charge is 0.154 e. The third-order valence-corrected chi connectivity index (χ3v) is 2.01. The molecule has 0 amide bonds. The lowest BCUT2D eigenvalue weighted by Gasteiger charge is -2.09. The lowest BCUT2D eigenvalue weighted by Crippen LogP contribution is -2.11. The molecule has 0 fully saturated rings. The molecule has 0 rings (SSSR count). The van der Waals surface area contributed by atoms with Crippen molar-refractivity contribution in [3.8, 4) is 0 Å². The first-order chi connectivity index (χ1) is 8.22. The highest BCUT2D eigenvalue weighted by Crippen LogP contribution is 2.00. The van der Waals surface area contributed by atoms with Crippen LogP contribution in [-0.2, 0) is 9.47 Å². The van der Waals surface area contributed by atoms with Crippen molar-refractivity contribution in [3.63, 3.8) is 0 Å². The zero-order valence-electron chi connectivity index (χ0n) is 12.8. The maximum Gasteiger partial charge on any atom is 0.154 e. The molecule has 17 heavy (non-hydrogen) atoms. The van der Waals surface area contributed by atoms with Gasteiger partial charge in [-0.1, -0.05) is 46.0 Å². The van der Waals surface area contributed by atoms with Gasteiger partial charge in [0, 0.05) is 13.2 Å². The highest BCUT2D eigenvalue weighted by atomic mass is 16.7. The van der Waals surface area contributed by atoms with Crippen LogP contribution in [0.2, 0.25) is 0 Å². The Labute approximate surface area is 109 Å². The fourth-order valence-electron chi connectivity index (χ4n) is 1.19. The third kappa shape index (κ3) is 31.3. The average Bonchev–Trinajstić information content (AvgIpc) is 2.34. The van der Waals surface area contributed by atoms with Gasteiger partial charge in [-0.3, -0.25) is 0 Å². The molecule has 0 aliphatic rings. The van der Waals surface area contributed by atoms with Gasteiger partial charge in [0.05, 0.1) is 0 Å². The summed E-state index contributed by atoms with van der Waals surface area (Å²) in [6, 6.07) is 0. The fourth-order valence-corrected chi connectivity index (χ4v) is 1.19. The van der Waals surface area contributed by atoms with Crippen molar-refractivity contribution in [1.82, 2.24) is 0 Å². The van der Waals surface area contributed by atoms with Crippen molar-refractivity contribution in [2.24, 2.45) is 0 Å². The van der Waals surface area contributed by atoms with Gasteiger partial charge in [0.2, 0.25) is 0 Å². The van der Waals surface area contributed by atoms with Gasteiger partial charge in [-0.15, -0.1) is 13.2 Å². The Bertz CT molecular complexity index is 95.1. The van der Waals surface area contributed by atoms with Gasteiger partial charge in [-0.05, 0) is 20.8 Å². The second kappa shape index (κ2) is 24.8. The normalized spacial score (nSPS) is 9.06. The molecule has 0 unspecified atom stereocenters. The molecule has 0 aromatic heterocycles. The predicted molar refractivity (Wildman–Crippen MR) is 78.4 cm³/mol. The van der Waals surface area contributed by atoms with Crippen LogP contribution in [0, 0.1) is 0 Å². The van der Waals surface area contributed by atoms with Gasteiger partial charge in [0.1, 0.15) is 0 Å². The van der Waals surface area contributed by atoms with Gasteiger partial charge in [0.15, 0.2) is 6.29 Å². The monoisotopic (exact) mass is 246 g/mol. The van der Waals surface area contributed by atoms with Gasteiger partial charge in [-0.25, -0.2) is 0 Å². The number of ether oxygens (including phenoxy) is 2. The van der Waals surface area contributed by atoms with E-state index < -0.39 is 0 Å². The molecule has 0 N–H and O–H groups in total. The second-order valence-corrected chi connectivity index (χ2v) is 3.54. The van der Waals surface area contributed by atoms with Crippen LogP contribution in [0.4, 0.5) is 0 Å². The van der Waals surface area contributed by atoms with E-state index in [1.165, 1.54) is 32.1 Å². The van der Waals surface area contributed by atoms with Gasteiger partial charge >= 0.3 is 0 Å². The first-order valence-corrected chi connectivity index (χ1v) is 6.95. The molecule has 0 saturated heterocycles. The molecule has 2 nitrogen and oxygen atoms in total. The minimum absolute atomic E-state index is 0.0370. The molecule has 0 atom stereocenters. The van der Waals surface area contributed by atoms with E-state index in [0.29, 0.717) is 0 Å². The van der Waals surface area contributed by atoms with E-state index in [0.717, 1.165) is 13.2 Å². The summed E-state index contributed by atoms with van der Waals surface area (Å²) in [5.74, 6) is 0. The van der Waals surface area contributed by atoms with Crippen LogP contribution in [0.5, 0.6) is 0 Å². The standard InChI is InChI=1S/C7H16.C6H14O2.C2H4/c1-3-5-7-6-4-2;1-4-7-6(3)8-5-2;1-2/h3-7H2,1-2H3;6H,4-5H2,1-3H3;1-2H2. The largest absolute Gasteiger partial charge is 0.353 e. The van der Waals surface area contributed by atoms with E-state index in [1.54, 1.807) is 0 Å². The SMILES string of the molecule is C=C.CCCCCCC.CCOC(C)OCC. The lowest BCUT2D eigenvalue weighted by molar-refractivity contribution is -0.123. The van der Waals surface area contributed by atoms with E-state index in [1.807, 2.05) is 20.8 Å². The highest BCUT2D eigenvalue weighted by molar-refractivity contribution is 4.35. The zero-order valence-corrected chi connectivity index (χ0v) is 12.8. The van der Waals surface area contributed by atoms with E-state index >= 15 is 0 Å². The van der Waals surface area contributed by atoms with Crippen molar-refractivity contribution in [1.29, 1.82) is 0 Å². The van der Waals surface area contributed by atoms with E-state index in [2.05, 4.69) is 27.0 Å². The van der Waals surface area contributed by atoms with Crippen LogP contribution < -0.4 is 0 Å². The number of unbranched alkanes of at least 4 members (excludes halogenated alkanes) is 4. The van der Waals surface area contributed by atoms with Crippen molar-refractivity contribution >= 4 is 0 Å². The molecule has 0 heterocycles. The van der Waals surface area contributed by atoms with Crippen molar-refractivity contribution in [3.05, 3.63) is 13.2 Å². The van der Waals surface area contributed by atoms with Gasteiger partial charge in [-0.2, -0.15) is 0 Å². The van der Waals surface area contributed by atoms with Crippen molar-refractivity contribution in [2.45, 2.75) is 73.0 Å². The van der Waals surface area contributed by atoms with E-state index in [9.17, 15) is 0 Å². The van der Waals surface area contributed by atoms with Crippen molar-refractivity contribution < 1.29 is 9.47 Å². The first-order valence-electron chi connectivity index (χ1n) is 6.95. The molecule has 0 spiro atoms. The molecule has 106 valence electrons. The van der Waals surface area contributed by atoms with E-state index in [-0.39, 0.29) is 6.29 Å². The van der Waals surface area contributed by atoms with Crippen LogP contribution in [0.15, 0.2) is 13.2 Å². The summed E-state index contributed by atoms with van der Waals surface area (Å²) in [5, 5.41) is 0. The van der Waals surface area contributed by atoms with Crippen LogP contribution >= 0.6 is 0 Å². The molecule has 0 bridgehead atoms. The molecule has 0 saturated carbocycles. The third-order valence-electron chi connectivity index (χ3n) is 2.01. The maximum absolute atomic E-state index is 5.06. The minimum atomic E-state index is -0.0370. The fraction of sp³-hybridized carbons (Fsp3) is 0.867. The Balaban J connectivity index is -0.000000202. The summed E-state index contributed by atoms with van der Waals surface area (Å²) in [7, 11) is 0. The quantitative estimate of drug-likeness (QED) is 0.333. The first kappa shape index (κ1) is 21.9. The van der Waals surface area contributed by atoms with Crippen LogP contribution in [-0.4, -0.2) is 19.5 Å². The molecular formula is C15H34O2. The zero-order chi connectivity index (χ0) is 13.9. The highest BCUT2D eigenvalue weighted by Gasteiger charge is 1.94. The van der Waals surface area contributed by atoms with Gasteiger partial charge < -0.3 is 9.47 Å². The average molecular weight is 246 g/mol. The molecule has 0 aliphatic heterocycles. The summed E-state index contributed by atoms with van der Waals surface area (Å²) in [6.07, 6.45) is 6.97. The molecular weight excluding hydrogens is 212 g/mol. The Kier molecular flexibility index (Phi) is 31.9. The summed E-state index contributed by atoms with van der Waals surface area (Å²) < 4.78 is 10.1. The summed E-state index contributed by atoms with van der Waals surface area (Å²) >= 11 is 0. The maximum atomic E-state index is 5.06. The summed E-state index contributed by atoms with van der Waals surface area (Å²) in [6.45, 7) is 17.7. The molecule has 2 heteroatoms. The van der Waals surface area contributed by atoms with Crippen LogP contribution in [0.1, 0.15) is 66.7 Å². The topological polar surface area (TPSA) is 18.5 Å². The Morgan fingerprint density at radius 3 is 1.35 bits per heavy atom. The van der Waals surface area contributed by atoms with E-state index in [4.69, 9.17) is 9.47 Å². The minimum Gasteiger partial charge on any atom is -0.353 e. The Hall–Kier alpha value is -0.340. The molecule has 0 aliphatic carbocycles. The Morgan fingerprint density at radius 1 is 0.765 bits per heavy atom. The number of hydrogen-bond acceptors (Lipinski definition) is 2. The van der Waals surface area contributed by atoms with Crippen molar-refractivity contribution in [2.75, 3.05) is 13.2 Å². The molecule has 0 radical (unpaired) electrons. The van der Waals surface area contributed by atoms with Gasteiger partial charge in [0.25, 0.3) is 0 Å². The molecule has 0 aromatic rings. The summed E-state index contributed by atoms with van der Waals surface area (Å²) in [4.78, 5) is 0. The number of rotatable bonds is 8. The second-order valence-electron chi connectivity index (χ2n) is 3.54. The summed E-state index contributed by atoms with van der Waals surface area (Å²) in [5.41, 5.74) is 0.